The molecule has 130 valence electrons. The van der Waals surface area contributed by atoms with Crippen LogP contribution >= 0.6 is 15.9 Å². The zero-order chi connectivity index (χ0) is 17.3. The van der Waals surface area contributed by atoms with Crippen LogP contribution in [0.4, 0.5) is 0 Å². The number of carbonyl (C=O) groups excluding carboxylic acids is 2. The lowest BCUT2D eigenvalue weighted by molar-refractivity contribution is -0.133. The number of aromatic amines is 1. The average molecular weight is 395 g/mol. The number of halogens is 1. The van der Waals surface area contributed by atoms with E-state index in [2.05, 4.69) is 32.7 Å². The first-order chi connectivity index (χ1) is 11.5. The second-order valence-electron chi connectivity index (χ2n) is 6.85. The van der Waals surface area contributed by atoms with E-state index >= 15 is 0 Å². The monoisotopic (exact) mass is 394 g/mol. The van der Waals surface area contributed by atoms with Gasteiger partial charge in [-0.15, -0.1) is 0 Å². The fourth-order valence-electron chi connectivity index (χ4n) is 3.33. The van der Waals surface area contributed by atoms with Gasteiger partial charge in [0, 0.05) is 26.7 Å². The smallest absolute Gasteiger partial charge is 0.229 e. The number of hydrogen-bond donors (Lipinski definition) is 1. The summed E-state index contributed by atoms with van der Waals surface area (Å²) in [7, 11) is 1.86. The molecule has 0 aromatic carbocycles. The van der Waals surface area contributed by atoms with Gasteiger partial charge in [0.2, 0.25) is 11.8 Å². The highest BCUT2D eigenvalue weighted by atomic mass is 79.9. The van der Waals surface area contributed by atoms with E-state index in [0.717, 1.165) is 41.5 Å². The van der Waals surface area contributed by atoms with E-state index in [-0.39, 0.29) is 17.7 Å². The Hall–Kier alpha value is -1.63. The van der Waals surface area contributed by atoms with Gasteiger partial charge in [0.1, 0.15) is 0 Å². The van der Waals surface area contributed by atoms with Crippen LogP contribution in [0.2, 0.25) is 0 Å². The van der Waals surface area contributed by atoms with E-state index in [1.165, 1.54) is 0 Å². The van der Waals surface area contributed by atoms with Crippen LogP contribution in [0.25, 0.3) is 0 Å². The van der Waals surface area contributed by atoms with Crippen LogP contribution in [0.5, 0.6) is 0 Å². The molecule has 1 aliphatic carbocycles. The maximum Gasteiger partial charge on any atom is 0.229 e. The van der Waals surface area contributed by atoms with Crippen molar-refractivity contribution in [1.82, 2.24) is 20.0 Å². The molecule has 0 radical (unpaired) electrons. The van der Waals surface area contributed by atoms with Gasteiger partial charge in [-0.3, -0.25) is 14.7 Å². The number of amides is 2. The molecule has 1 aromatic heterocycles. The standard InChI is InChI=1S/C17H23BrN4O2/c1-11-6-13(11)17(24)21(2)9-12-4-3-5-22(10-12)16(23)7-15-14(18)8-19-20-15/h8,12-13H,1,3-7,9-10H2,2H3,(H,19,20). The van der Waals surface area contributed by atoms with Crippen LogP contribution in [-0.4, -0.2) is 58.5 Å². The summed E-state index contributed by atoms with van der Waals surface area (Å²) < 4.78 is 0.833. The lowest BCUT2D eigenvalue weighted by Crippen LogP contribution is -2.45. The second-order valence-corrected chi connectivity index (χ2v) is 7.71. The molecule has 7 heteroatoms. The Labute approximate surface area is 150 Å². The van der Waals surface area contributed by atoms with Crippen molar-refractivity contribution in [3.8, 4) is 0 Å². The Morgan fingerprint density at radius 3 is 2.92 bits per heavy atom. The van der Waals surface area contributed by atoms with Gasteiger partial charge in [-0.05, 0) is 41.1 Å². The van der Waals surface area contributed by atoms with Gasteiger partial charge in [-0.25, -0.2) is 0 Å². The molecule has 2 amide bonds. The predicted octanol–water partition coefficient (Wildman–Crippen LogP) is 1.99. The fourth-order valence-corrected chi connectivity index (χ4v) is 3.67. The van der Waals surface area contributed by atoms with E-state index in [4.69, 9.17) is 0 Å². The maximum atomic E-state index is 12.5. The minimum atomic E-state index is 0.0362. The Bertz CT molecular complexity index is 657. The molecule has 2 aliphatic rings. The second kappa shape index (κ2) is 7.09. The summed E-state index contributed by atoms with van der Waals surface area (Å²) >= 11 is 3.39. The highest BCUT2D eigenvalue weighted by Crippen LogP contribution is 2.37. The lowest BCUT2D eigenvalue weighted by Gasteiger charge is -2.34. The van der Waals surface area contributed by atoms with Gasteiger partial charge in [-0.2, -0.15) is 5.10 Å². The summed E-state index contributed by atoms with van der Waals surface area (Å²) in [5.41, 5.74) is 1.85. The van der Waals surface area contributed by atoms with Crippen molar-refractivity contribution >= 4 is 27.7 Å². The maximum absolute atomic E-state index is 12.5. The van der Waals surface area contributed by atoms with Crippen LogP contribution < -0.4 is 0 Å². The largest absolute Gasteiger partial charge is 0.345 e. The lowest BCUT2D eigenvalue weighted by atomic mass is 9.97. The van der Waals surface area contributed by atoms with Crippen molar-refractivity contribution in [1.29, 1.82) is 0 Å². The molecular formula is C17H23BrN4O2. The minimum absolute atomic E-state index is 0.0362. The first-order valence-corrected chi connectivity index (χ1v) is 9.13. The summed E-state index contributed by atoms with van der Waals surface area (Å²) in [6, 6.07) is 0. The molecule has 1 saturated carbocycles. The molecule has 1 aliphatic heterocycles. The summed E-state index contributed by atoms with van der Waals surface area (Å²) in [5, 5.41) is 6.78. The van der Waals surface area contributed by atoms with Crippen molar-refractivity contribution < 1.29 is 9.59 Å². The molecule has 1 saturated heterocycles. The predicted molar refractivity (Wildman–Crippen MR) is 94.2 cm³/mol. The third-order valence-electron chi connectivity index (χ3n) is 4.87. The van der Waals surface area contributed by atoms with E-state index in [0.29, 0.717) is 25.4 Å². The molecule has 0 bridgehead atoms. The third-order valence-corrected chi connectivity index (χ3v) is 5.55. The fraction of sp³-hybridized carbons (Fsp3) is 0.588. The molecule has 2 heterocycles. The van der Waals surface area contributed by atoms with Crippen LogP contribution in [0.1, 0.15) is 25.0 Å². The Morgan fingerprint density at radius 2 is 2.29 bits per heavy atom. The zero-order valence-corrected chi connectivity index (χ0v) is 15.5. The number of nitrogens with one attached hydrogen (secondary N) is 1. The number of hydrogen-bond acceptors (Lipinski definition) is 3. The summed E-state index contributed by atoms with van der Waals surface area (Å²) in [5.74, 6) is 0.655. The topological polar surface area (TPSA) is 69.3 Å². The highest BCUT2D eigenvalue weighted by Gasteiger charge is 2.37. The van der Waals surface area contributed by atoms with Gasteiger partial charge >= 0.3 is 0 Å². The van der Waals surface area contributed by atoms with Crippen LogP contribution in [0.15, 0.2) is 22.8 Å². The molecule has 2 atom stereocenters. The van der Waals surface area contributed by atoms with Crippen molar-refractivity contribution in [2.45, 2.75) is 25.7 Å². The molecule has 0 spiro atoms. The van der Waals surface area contributed by atoms with E-state index in [9.17, 15) is 9.59 Å². The summed E-state index contributed by atoms with van der Waals surface area (Å²) in [6.45, 7) is 6.08. The molecule has 3 rings (SSSR count). The molecule has 24 heavy (non-hydrogen) atoms. The number of rotatable bonds is 5. The van der Waals surface area contributed by atoms with Gasteiger partial charge in [-0.1, -0.05) is 12.2 Å². The number of aromatic nitrogens is 2. The van der Waals surface area contributed by atoms with Gasteiger partial charge < -0.3 is 9.80 Å². The number of carbonyl (C=O) groups is 2. The molecule has 6 nitrogen and oxygen atoms in total. The van der Waals surface area contributed by atoms with Crippen LogP contribution in [-0.2, 0) is 16.0 Å². The number of likely N-dealkylation sites (tertiary alicyclic amines) is 1. The molecular weight excluding hydrogens is 372 g/mol. The first kappa shape index (κ1) is 17.2. The Morgan fingerprint density at radius 1 is 1.54 bits per heavy atom. The Balaban J connectivity index is 1.52. The van der Waals surface area contributed by atoms with Gasteiger partial charge in [0.05, 0.1) is 28.7 Å². The minimum Gasteiger partial charge on any atom is -0.345 e. The molecule has 1 N–H and O–H groups in total. The van der Waals surface area contributed by atoms with Crippen molar-refractivity contribution in [3.63, 3.8) is 0 Å². The van der Waals surface area contributed by atoms with Crippen LogP contribution in [0.3, 0.4) is 0 Å². The highest BCUT2D eigenvalue weighted by molar-refractivity contribution is 9.10. The molecule has 2 unspecified atom stereocenters. The zero-order valence-electron chi connectivity index (χ0n) is 13.9. The van der Waals surface area contributed by atoms with E-state index in [1.807, 2.05) is 16.8 Å². The summed E-state index contributed by atoms with van der Waals surface area (Å²) in [6.07, 6.45) is 4.86. The summed E-state index contributed by atoms with van der Waals surface area (Å²) in [4.78, 5) is 28.5. The number of H-pyrrole nitrogens is 1. The SMILES string of the molecule is C=C1CC1C(=O)N(C)CC1CCCN(C(=O)Cc2[nH]ncc2Br)C1. The van der Waals surface area contributed by atoms with Crippen molar-refractivity contribution in [2.24, 2.45) is 11.8 Å². The number of piperidine rings is 1. The average Bonchev–Trinajstić information content (AvgIpc) is 3.16. The molecule has 2 fully saturated rings. The van der Waals surface area contributed by atoms with Gasteiger partial charge in [0.25, 0.3) is 0 Å². The van der Waals surface area contributed by atoms with Crippen LogP contribution in [0, 0.1) is 11.8 Å². The van der Waals surface area contributed by atoms with Crippen molar-refractivity contribution in [2.75, 3.05) is 26.7 Å². The van der Waals surface area contributed by atoms with Gasteiger partial charge in [0.15, 0.2) is 0 Å². The molecule has 1 aromatic rings. The van der Waals surface area contributed by atoms with Crippen molar-refractivity contribution in [3.05, 3.63) is 28.5 Å². The van der Waals surface area contributed by atoms with E-state index < -0.39 is 0 Å². The normalized spacial score (nSPS) is 23.2. The quantitative estimate of drug-likeness (QED) is 0.776. The first-order valence-electron chi connectivity index (χ1n) is 8.34. The third kappa shape index (κ3) is 3.88. The van der Waals surface area contributed by atoms with E-state index in [1.54, 1.807) is 6.20 Å². The number of nitrogens with zero attached hydrogens (tertiary/aromatic N) is 3. The Kier molecular flexibility index (Phi) is 5.08.